The van der Waals surface area contributed by atoms with Gasteiger partial charge < -0.3 is 15.0 Å². The van der Waals surface area contributed by atoms with Crippen LogP contribution in [0.25, 0.3) is 0 Å². The van der Waals surface area contributed by atoms with Crippen molar-refractivity contribution in [1.82, 2.24) is 15.6 Å². The first-order valence-corrected chi connectivity index (χ1v) is 8.81. The molecular weight excluding hydrogens is 367 g/mol. The lowest BCUT2D eigenvalue weighted by atomic mass is 10.1. The van der Waals surface area contributed by atoms with Crippen molar-refractivity contribution in [2.75, 3.05) is 26.2 Å². The van der Waals surface area contributed by atoms with Gasteiger partial charge in [0.2, 0.25) is 0 Å². The second-order valence-corrected chi connectivity index (χ2v) is 5.66. The topological polar surface area (TPSA) is 85.1 Å². The minimum Gasteiger partial charge on any atom is -0.491 e. The summed E-state index contributed by atoms with van der Waals surface area (Å²) in [6.07, 6.45) is 6.67. The third kappa shape index (κ3) is 7.53. The summed E-state index contributed by atoms with van der Waals surface area (Å²) in [5.41, 5.74) is 4.21. The number of hydrogen-bond acceptors (Lipinski definition) is 6. The van der Waals surface area contributed by atoms with Crippen molar-refractivity contribution in [3.05, 3.63) is 48.8 Å². The Hall–Kier alpha value is -2.81. The largest absolute Gasteiger partial charge is 0.491 e. The molecule has 0 amide bonds. The average molecular weight is 393 g/mol. The molecule has 27 heavy (non-hydrogen) atoms. The fourth-order valence-corrected chi connectivity index (χ4v) is 2.42. The molecule has 3 N–H and O–H groups in total. The lowest BCUT2D eigenvalue weighted by molar-refractivity contribution is 0.235. The number of nitrogens with zero attached hydrogens (tertiary/aromatic N) is 3. The predicted molar refractivity (Wildman–Crippen MR) is 113 cm³/mol. The Labute approximate surface area is 164 Å². The number of ether oxygens (including phenoxy) is 1. The van der Waals surface area contributed by atoms with E-state index in [2.05, 4.69) is 34.1 Å². The first kappa shape index (κ1) is 22.2. The van der Waals surface area contributed by atoms with Gasteiger partial charge in [-0.3, -0.25) is 15.8 Å². The van der Waals surface area contributed by atoms with Crippen LogP contribution >= 0.6 is 12.2 Å². The highest BCUT2D eigenvalue weighted by molar-refractivity contribution is 7.80. The van der Waals surface area contributed by atoms with E-state index in [0.29, 0.717) is 49.8 Å². The SMILES string of the molecule is C=C/C(=C\N=C)NCCN(CC)C(=S)N/N=C1/CCO/C(=C/C=C/F)C1=N. The van der Waals surface area contributed by atoms with Crippen molar-refractivity contribution in [3.8, 4) is 0 Å². The van der Waals surface area contributed by atoms with Crippen molar-refractivity contribution in [2.24, 2.45) is 10.1 Å². The molecule has 1 aliphatic rings. The standard InChI is InChI=1S/C18H25FN6OS/c1-4-14(13-21-3)22-10-11-25(5-2)18(27)24-23-15-8-12-26-16(17(15)20)7-6-9-19/h4,6-7,9,13,20,22H,1,3,5,8,10-12H2,2H3,(H,24,27)/b9-6+,14-13+,16-7+,20-17?,23-15-. The van der Waals surface area contributed by atoms with Crippen LogP contribution in [0, 0.1) is 5.41 Å². The van der Waals surface area contributed by atoms with Gasteiger partial charge in [-0.25, -0.2) is 4.39 Å². The molecule has 9 heteroatoms. The zero-order valence-corrected chi connectivity index (χ0v) is 16.2. The Morgan fingerprint density at radius 3 is 2.93 bits per heavy atom. The smallest absolute Gasteiger partial charge is 0.189 e. The molecule has 1 aliphatic heterocycles. The second-order valence-electron chi connectivity index (χ2n) is 5.28. The van der Waals surface area contributed by atoms with Crippen LogP contribution < -0.4 is 10.7 Å². The van der Waals surface area contributed by atoms with Crippen LogP contribution in [-0.4, -0.2) is 54.4 Å². The summed E-state index contributed by atoms with van der Waals surface area (Å²) in [4.78, 5) is 5.63. The van der Waals surface area contributed by atoms with Gasteiger partial charge >= 0.3 is 0 Å². The van der Waals surface area contributed by atoms with Gasteiger partial charge in [0.15, 0.2) is 5.11 Å². The number of likely N-dealkylation sites (N-methyl/N-ethyl adjacent to an activating group) is 1. The first-order valence-electron chi connectivity index (χ1n) is 8.40. The van der Waals surface area contributed by atoms with E-state index in [-0.39, 0.29) is 11.5 Å². The van der Waals surface area contributed by atoms with Crippen molar-refractivity contribution in [1.29, 1.82) is 5.41 Å². The Balaban J connectivity index is 2.63. The van der Waals surface area contributed by atoms with E-state index in [1.807, 2.05) is 11.8 Å². The number of allylic oxidation sites excluding steroid dienone is 4. The molecule has 0 radical (unpaired) electrons. The van der Waals surface area contributed by atoms with Crippen LogP contribution in [0.15, 0.2) is 58.9 Å². The maximum absolute atomic E-state index is 12.1. The van der Waals surface area contributed by atoms with E-state index in [1.54, 1.807) is 12.3 Å². The summed E-state index contributed by atoms with van der Waals surface area (Å²) in [6.45, 7) is 11.4. The molecule has 0 spiro atoms. The van der Waals surface area contributed by atoms with E-state index in [1.165, 1.54) is 12.2 Å². The van der Waals surface area contributed by atoms with Gasteiger partial charge in [0, 0.05) is 32.3 Å². The van der Waals surface area contributed by atoms with Crippen LogP contribution in [0.2, 0.25) is 0 Å². The Kier molecular flexibility index (Phi) is 10.3. The molecule has 0 atom stereocenters. The zero-order chi connectivity index (χ0) is 20.1. The lowest BCUT2D eigenvalue weighted by Gasteiger charge is -2.24. The normalized spacial score (nSPS) is 17.7. The minimum absolute atomic E-state index is 0.108. The van der Waals surface area contributed by atoms with Crippen LogP contribution in [-0.2, 0) is 4.74 Å². The molecule has 0 bridgehead atoms. The zero-order valence-electron chi connectivity index (χ0n) is 15.4. The molecule has 1 rings (SSSR count). The van der Waals surface area contributed by atoms with E-state index >= 15 is 0 Å². The monoisotopic (exact) mass is 392 g/mol. The number of aliphatic imine (C=N–C) groups is 1. The minimum atomic E-state index is 0.108. The van der Waals surface area contributed by atoms with Crippen molar-refractivity contribution in [3.63, 3.8) is 0 Å². The number of halogens is 1. The van der Waals surface area contributed by atoms with Gasteiger partial charge in [-0.15, -0.1) is 0 Å². The molecular formula is C18H25FN6OS. The van der Waals surface area contributed by atoms with Crippen molar-refractivity contribution < 1.29 is 9.13 Å². The number of rotatable bonds is 9. The Bertz CT molecular complexity index is 683. The van der Waals surface area contributed by atoms with Crippen molar-refractivity contribution >= 4 is 35.5 Å². The van der Waals surface area contributed by atoms with Crippen LogP contribution in [0.4, 0.5) is 4.39 Å². The maximum Gasteiger partial charge on any atom is 0.189 e. The van der Waals surface area contributed by atoms with E-state index in [0.717, 1.165) is 5.70 Å². The Morgan fingerprint density at radius 1 is 1.52 bits per heavy atom. The van der Waals surface area contributed by atoms with Gasteiger partial charge in [0.05, 0.1) is 24.3 Å². The molecule has 0 aromatic carbocycles. The highest BCUT2D eigenvalue weighted by Crippen LogP contribution is 2.11. The predicted octanol–water partition coefficient (Wildman–Crippen LogP) is 2.66. The molecule has 7 nitrogen and oxygen atoms in total. The molecule has 0 aromatic heterocycles. The average Bonchev–Trinajstić information content (AvgIpc) is 2.68. The summed E-state index contributed by atoms with van der Waals surface area (Å²) in [7, 11) is 0. The third-order valence-corrected chi connectivity index (χ3v) is 3.92. The van der Waals surface area contributed by atoms with Crippen LogP contribution in [0.3, 0.4) is 0 Å². The summed E-state index contributed by atoms with van der Waals surface area (Å²) in [6, 6.07) is 0. The van der Waals surface area contributed by atoms with E-state index < -0.39 is 0 Å². The molecule has 1 fully saturated rings. The molecule has 0 aliphatic carbocycles. The number of hydrogen-bond donors (Lipinski definition) is 3. The van der Waals surface area contributed by atoms with E-state index in [9.17, 15) is 4.39 Å². The van der Waals surface area contributed by atoms with Gasteiger partial charge in [-0.1, -0.05) is 6.58 Å². The third-order valence-electron chi connectivity index (χ3n) is 3.57. The fourth-order valence-electron chi connectivity index (χ4n) is 2.16. The number of hydrazone groups is 1. The van der Waals surface area contributed by atoms with Gasteiger partial charge in [-0.05, 0) is 44.1 Å². The summed E-state index contributed by atoms with van der Waals surface area (Å²) >= 11 is 5.38. The molecule has 0 unspecified atom stereocenters. The summed E-state index contributed by atoms with van der Waals surface area (Å²) in [5, 5.41) is 15.9. The number of thiocarbonyl (C=S) groups is 1. The highest BCUT2D eigenvalue weighted by Gasteiger charge is 2.20. The van der Waals surface area contributed by atoms with Crippen LogP contribution in [0.5, 0.6) is 0 Å². The molecule has 0 saturated carbocycles. The van der Waals surface area contributed by atoms with Gasteiger partial charge in [-0.2, -0.15) is 5.10 Å². The summed E-state index contributed by atoms with van der Waals surface area (Å²) in [5.74, 6) is 0.276. The maximum atomic E-state index is 12.1. The van der Waals surface area contributed by atoms with E-state index in [4.69, 9.17) is 22.4 Å². The molecule has 1 heterocycles. The summed E-state index contributed by atoms with van der Waals surface area (Å²) < 4.78 is 17.5. The Morgan fingerprint density at radius 2 is 2.30 bits per heavy atom. The van der Waals surface area contributed by atoms with Gasteiger partial charge in [0.1, 0.15) is 11.5 Å². The van der Waals surface area contributed by atoms with Crippen LogP contribution in [0.1, 0.15) is 13.3 Å². The number of nitrogens with one attached hydrogen (secondary N) is 3. The first-order chi connectivity index (χ1) is 13.1. The van der Waals surface area contributed by atoms with Gasteiger partial charge in [0.25, 0.3) is 0 Å². The fraction of sp³-hybridized carbons (Fsp3) is 0.333. The molecule has 1 saturated heterocycles. The quantitative estimate of drug-likeness (QED) is 0.243. The molecule has 146 valence electrons. The highest BCUT2D eigenvalue weighted by atomic mass is 32.1. The van der Waals surface area contributed by atoms with Crippen molar-refractivity contribution in [2.45, 2.75) is 13.3 Å². The molecule has 0 aromatic rings. The second kappa shape index (κ2) is 12.5. The lowest BCUT2D eigenvalue weighted by Crippen LogP contribution is -2.42.